The van der Waals surface area contributed by atoms with Gasteiger partial charge in [-0.15, -0.1) is 11.8 Å². The number of amides is 3. The molecule has 1 atom stereocenters. The van der Waals surface area contributed by atoms with E-state index in [9.17, 15) is 14.4 Å². The number of fused-ring (bicyclic) bond motifs is 1. The van der Waals surface area contributed by atoms with E-state index < -0.39 is 5.25 Å². The Morgan fingerprint density at radius 1 is 0.794 bits per heavy atom. The number of likely N-dealkylation sites (tertiary alicyclic amines) is 1. The second kappa shape index (κ2) is 10.1. The molecule has 2 saturated heterocycles. The Morgan fingerprint density at radius 3 is 2.21 bits per heavy atom. The maximum Gasteiger partial charge on any atom is 0.250 e. The van der Waals surface area contributed by atoms with Crippen LogP contribution in [0.1, 0.15) is 19.3 Å². The van der Waals surface area contributed by atoms with Crippen LogP contribution in [-0.2, 0) is 14.4 Å². The SMILES string of the molecule is O=C(CN1C(=O)[C@H](C(=O)N2CCCCC2)Sc2ccccc21)N1CCN(c2ccccc2)CC1. The normalized spacial score (nSPS) is 20.8. The number of carbonyl (C=O) groups is 3. The van der Waals surface area contributed by atoms with Crippen molar-refractivity contribution in [1.82, 2.24) is 9.80 Å². The van der Waals surface area contributed by atoms with Crippen LogP contribution >= 0.6 is 11.8 Å². The van der Waals surface area contributed by atoms with Crippen LogP contribution in [0.4, 0.5) is 11.4 Å². The molecule has 3 heterocycles. The number of rotatable bonds is 4. The predicted octanol–water partition coefficient (Wildman–Crippen LogP) is 2.86. The van der Waals surface area contributed by atoms with Gasteiger partial charge in [-0.05, 0) is 43.5 Å². The lowest BCUT2D eigenvalue weighted by atomic mass is 10.1. The maximum absolute atomic E-state index is 13.5. The smallest absolute Gasteiger partial charge is 0.250 e. The first kappa shape index (κ1) is 22.8. The summed E-state index contributed by atoms with van der Waals surface area (Å²) in [6.07, 6.45) is 3.08. The van der Waals surface area contributed by atoms with E-state index in [0.29, 0.717) is 26.2 Å². The Hall–Kier alpha value is -3.00. The monoisotopic (exact) mass is 478 g/mol. The summed E-state index contributed by atoms with van der Waals surface area (Å²) in [5, 5.41) is -0.823. The van der Waals surface area contributed by atoms with E-state index >= 15 is 0 Å². The number of nitrogens with zero attached hydrogens (tertiary/aromatic N) is 4. The minimum absolute atomic E-state index is 0.0362. The third-order valence-electron chi connectivity index (χ3n) is 6.83. The first-order valence-electron chi connectivity index (χ1n) is 12.1. The lowest BCUT2D eigenvalue weighted by Gasteiger charge is -2.39. The standard InChI is InChI=1S/C26H30N4O3S/c31-23(28-17-15-27(16-18-28)20-9-3-1-4-10-20)19-30-21-11-5-6-12-22(21)34-24(26(30)33)25(32)29-13-7-2-8-14-29/h1,3-6,9-12,24H,2,7-8,13-19H2/t24-/m0/s1. The summed E-state index contributed by atoms with van der Waals surface area (Å²) in [6.45, 7) is 4.11. The quantitative estimate of drug-likeness (QED) is 0.633. The fourth-order valence-corrected chi connectivity index (χ4v) is 6.09. The molecule has 34 heavy (non-hydrogen) atoms. The van der Waals surface area contributed by atoms with E-state index in [0.717, 1.165) is 48.6 Å². The van der Waals surface area contributed by atoms with Gasteiger partial charge in [-0.2, -0.15) is 0 Å². The van der Waals surface area contributed by atoms with Crippen molar-refractivity contribution in [2.24, 2.45) is 0 Å². The number of anilines is 2. The van der Waals surface area contributed by atoms with Gasteiger partial charge in [-0.1, -0.05) is 30.3 Å². The Morgan fingerprint density at radius 2 is 1.47 bits per heavy atom. The molecule has 0 radical (unpaired) electrons. The minimum Gasteiger partial charge on any atom is -0.368 e. The minimum atomic E-state index is -0.823. The second-order valence-corrected chi connectivity index (χ2v) is 10.1. The highest BCUT2D eigenvalue weighted by Gasteiger charge is 2.41. The Bertz CT molecular complexity index is 1050. The lowest BCUT2D eigenvalue weighted by molar-refractivity contribution is -0.137. The van der Waals surface area contributed by atoms with E-state index in [1.54, 1.807) is 0 Å². The van der Waals surface area contributed by atoms with Crippen molar-refractivity contribution in [3.8, 4) is 0 Å². The third kappa shape index (κ3) is 4.64. The average Bonchev–Trinajstić information content (AvgIpc) is 2.90. The van der Waals surface area contributed by atoms with Gasteiger partial charge in [-0.3, -0.25) is 14.4 Å². The molecule has 8 heteroatoms. The number of thioether (sulfide) groups is 1. The topological polar surface area (TPSA) is 64.2 Å². The predicted molar refractivity (Wildman–Crippen MR) is 134 cm³/mol. The molecular formula is C26H30N4O3S. The van der Waals surface area contributed by atoms with E-state index in [2.05, 4.69) is 17.0 Å². The molecule has 2 aromatic rings. The summed E-state index contributed by atoms with van der Waals surface area (Å²) < 4.78 is 0. The third-order valence-corrected chi connectivity index (χ3v) is 8.07. The summed E-state index contributed by atoms with van der Waals surface area (Å²) in [5.74, 6) is -0.486. The molecule has 3 aliphatic rings. The first-order chi connectivity index (χ1) is 16.6. The van der Waals surface area contributed by atoms with Crippen LogP contribution in [0, 0.1) is 0 Å². The number of para-hydroxylation sites is 2. The summed E-state index contributed by atoms with van der Waals surface area (Å²) in [5.41, 5.74) is 1.88. The summed E-state index contributed by atoms with van der Waals surface area (Å²) >= 11 is 1.32. The molecule has 5 rings (SSSR count). The molecular weight excluding hydrogens is 448 g/mol. The van der Waals surface area contributed by atoms with Crippen LogP contribution in [0.3, 0.4) is 0 Å². The van der Waals surface area contributed by atoms with Gasteiger partial charge in [-0.25, -0.2) is 0 Å². The zero-order valence-corrected chi connectivity index (χ0v) is 20.1. The lowest BCUT2D eigenvalue weighted by Crippen LogP contribution is -2.55. The zero-order chi connectivity index (χ0) is 23.5. The molecule has 178 valence electrons. The molecule has 0 unspecified atom stereocenters. The van der Waals surface area contributed by atoms with Crippen molar-refractivity contribution in [3.05, 3.63) is 54.6 Å². The van der Waals surface area contributed by atoms with Crippen LogP contribution in [0.25, 0.3) is 0 Å². The molecule has 0 aromatic heterocycles. The largest absolute Gasteiger partial charge is 0.368 e. The summed E-state index contributed by atoms with van der Waals surface area (Å²) in [4.78, 5) is 48.3. The highest BCUT2D eigenvalue weighted by atomic mass is 32.2. The molecule has 0 bridgehead atoms. The van der Waals surface area contributed by atoms with Gasteiger partial charge in [0.15, 0.2) is 5.25 Å². The average molecular weight is 479 g/mol. The van der Waals surface area contributed by atoms with E-state index in [1.807, 2.05) is 52.3 Å². The van der Waals surface area contributed by atoms with Crippen LogP contribution < -0.4 is 9.80 Å². The van der Waals surface area contributed by atoms with Gasteiger partial charge in [0.25, 0.3) is 5.91 Å². The Kier molecular flexibility index (Phi) is 6.76. The number of carbonyl (C=O) groups excluding carboxylic acids is 3. The van der Waals surface area contributed by atoms with Crippen molar-refractivity contribution < 1.29 is 14.4 Å². The highest BCUT2D eigenvalue weighted by Crippen LogP contribution is 2.40. The van der Waals surface area contributed by atoms with Gasteiger partial charge in [0.05, 0.1) is 5.69 Å². The molecule has 2 aromatic carbocycles. The molecule has 0 N–H and O–H groups in total. The fourth-order valence-electron chi connectivity index (χ4n) is 4.90. The fraction of sp³-hybridized carbons (Fsp3) is 0.423. The Labute approximate surface area is 204 Å². The molecule has 3 aliphatic heterocycles. The van der Waals surface area contributed by atoms with Gasteiger partial charge < -0.3 is 19.6 Å². The van der Waals surface area contributed by atoms with Crippen LogP contribution in [0.2, 0.25) is 0 Å². The first-order valence-corrected chi connectivity index (χ1v) is 12.9. The van der Waals surface area contributed by atoms with Crippen molar-refractivity contribution in [2.45, 2.75) is 29.4 Å². The van der Waals surface area contributed by atoms with Crippen LogP contribution in [-0.4, -0.2) is 78.6 Å². The van der Waals surface area contributed by atoms with Crippen molar-refractivity contribution in [1.29, 1.82) is 0 Å². The van der Waals surface area contributed by atoms with Gasteiger partial charge in [0.2, 0.25) is 11.8 Å². The van der Waals surface area contributed by atoms with Crippen LogP contribution in [0.5, 0.6) is 0 Å². The summed E-state index contributed by atoms with van der Waals surface area (Å²) in [7, 11) is 0. The zero-order valence-electron chi connectivity index (χ0n) is 19.3. The summed E-state index contributed by atoms with van der Waals surface area (Å²) in [6, 6.07) is 17.8. The number of piperidine rings is 1. The molecule has 0 aliphatic carbocycles. The molecule has 0 spiro atoms. The van der Waals surface area contributed by atoms with Gasteiger partial charge in [0.1, 0.15) is 6.54 Å². The maximum atomic E-state index is 13.5. The molecule has 2 fully saturated rings. The van der Waals surface area contributed by atoms with Crippen molar-refractivity contribution in [3.63, 3.8) is 0 Å². The van der Waals surface area contributed by atoms with Gasteiger partial charge in [0, 0.05) is 49.9 Å². The van der Waals surface area contributed by atoms with Crippen molar-refractivity contribution in [2.75, 3.05) is 55.6 Å². The molecule has 0 saturated carbocycles. The number of hydrogen-bond acceptors (Lipinski definition) is 5. The van der Waals surface area contributed by atoms with E-state index in [-0.39, 0.29) is 24.3 Å². The van der Waals surface area contributed by atoms with Crippen LogP contribution in [0.15, 0.2) is 59.5 Å². The van der Waals surface area contributed by atoms with E-state index in [4.69, 9.17) is 0 Å². The highest BCUT2D eigenvalue weighted by molar-refractivity contribution is 8.01. The number of benzene rings is 2. The number of hydrogen-bond donors (Lipinski definition) is 0. The van der Waals surface area contributed by atoms with E-state index in [1.165, 1.54) is 16.7 Å². The van der Waals surface area contributed by atoms with Crippen molar-refractivity contribution >= 4 is 40.9 Å². The Balaban J connectivity index is 1.28. The molecule has 3 amide bonds. The second-order valence-electron chi connectivity index (χ2n) is 8.98. The number of piperazine rings is 1. The van der Waals surface area contributed by atoms with Gasteiger partial charge >= 0.3 is 0 Å². The molecule has 7 nitrogen and oxygen atoms in total.